The van der Waals surface area contributed by atoms with E-state index in [1.165, 1.54) is 23.5 Å². The van der Waals surface area contributed by atoms with Crippen molar-refractivity contribution in [3.05, 3.63) is 79.6 Å². The first kappa shape index (κ1) is 24.6. The van der Waals surface area contributed by atoms with Gasteiger partial charge in [0.1, 0.15) is 5.00 Å². The Balaban J connectivity index is 1.57. The molecule has 0 saturated carbocycles. The molecule has 0 fully saturated rings. The molecule has 8 heteroatoms. The Morgan fingerprint density at radius 2 is 1.74 bits per heavy atom. The maximum Gasteiger partial charge on any atom is 0.256 e. The molecular formula is C26H26Cl2N2O3S. The van der Waals surface area contributed by atoms with E-state index in [0.29, 0.717) is 35.0 Å². The van der Waals surface area contributed by atoms with Crippen molar-refractivity contribution >= 4 is 51.4 Å². The lowest BCUT2D eigenvalue weighted by atomic mass is 9.95. The van der Waals surface area contributed by atoms with Gasteiger partial charge >= 0.3 is 0 Å². The van der Waals surface area contributed by atoms with Gasteiger partial charge in [-0.3, -0.25) is 9.59 Å². The van der Waals surface area contributed by atoms with E-state index >= 15 is 0 Å². The van der Waals surface area contributed by atoms with E-state index in [4.69, 9.17) is 27.9 Å². The summed E-state index contributed by atoms with van der Waals surface area (Å²) in [4.78, 5) is 27.5. The van der Waals surface area contributed by atoms with Crippen LogP contribution in [-0.4, -0.2) is 18.4 Å². The third-order valence-corrected chi connectivity index (χ3v) is 7.40. The molecule has 0 spiro atoms. The van der Waals surface area contributed by atoms with Crippen LogP contribution < -0.4 is 15.4 Å². The van der Waals surface area contributed by atoms with Crippen LogP contribution in [0.25, 0.3) is 0 Å². The monoisotopic (exact) mass is 516 g/mol. The number of benzene rings is 2. The zero-order valence-corrected chi connectivity index (χ0v) is 21.2. The number of nitrogens with one attached hydrogen (secondary N) is 2. The lowest BCUT2D eigenvalue weighted by Crippen LogP contribution is -2.25. The molecule has 34 heavy (non-hydrogen) atoms. The Labute approximate surface area is 213 Å². The van der Waals surface area contributed by atoms with Crippen LogP contribution in [0.15, 0.2) is 42.5 Å². The van der Waals surface area contributed by atoms with E-state index in [1.54, 1.807) is 0 Å². The van der Waals surface area contributed by atoms with E-state index < -0.39 is 0 Å². The molecular weight excluding hydrogens is 491 g/mol. The molecule has 2 aromatic carbocycles. The van der Waals surface area contributed by atoms with Gasteiger partial charge in [0, 0.05) is 17.0 Å². The average molecular weight is 517 g/mol. The molecule has 0 unspecified atom stereocenters. The smallest absolute Gasteiger partial charge is 0.256 e. The Hall–Kier alpha value is -2.54. The van der Waals surface area contributed by atoms with Gasteiger partial charge in [-0.2, -0.15) is 0 Å². The van der Waals surface area contributed by atoms with Crippen LogP contribution in [0.5, 0.6) is 5.75 Å². The minimum absolute atomic E-state index is 0.182. The van der Waals surface area contributed by atoms with Gasteiger partial charge in [0.15, 0.2) is 5.75 Å². The van der Waals surface area contributed by atoms with Crippen molar-refractivity contribution < 1.29 is 14.3 Å². The molecule has 0 radical (unpaired) electrons. The third kappa shape index (κ3) is 5.57. The second kappa shape index (κ2) is 11.3. The Morgan fingerprint density at radius 3 is 2.44 bits per heavy atom. The van der Waals surface area contributed by atoms with Crippen molar-refractivity contribution in [2.45, 2.75) is 45.6 Å². The normalized spacial score (nSPS) is 12.7. The van der Waals surface area contributed by atoms with Gasteiger partial charge in [-0.05, 0) is 55.4 Å². The standard InChI is InChI=1S/C26H26Cl2N2O3S/c1-2-12-33-23-19(27)13-17(14-20(23)28)24(31)30-26-22(18-10-6-7-11-21(18)34-26)25(32)29-15-16-8-4-3-5-9-16/h3-5,8-9,13-14H,2,6-7,10-12,15H2,1H3,(H,29,32)(H,30,31). The Bertz CT molecular complexity index is 1170. The van der Waals surface area contributed by atoms with Gasteiger partial charge in [-0.25, -0.2) is 0 Å². The lowest BCUT2D eigenvalue weighted by Gasteiger charge is -2.14. The topological polar surface area (TPSA) is 67.4 Å². The van der Waals surface area contributed by atoms with Crippen LogP contribution in [-0.2, 0) is 19.4 Å². The SMILES string of the molecule is CCCOc1c(Cl)cc(C(=O)Nc2sc3c(c2C(=O)NCc2ccccc2)CCCC3)cc1Cl. The van der Waals surface area contributed by atoms with Gasteiger partial charge in [0.05, 0.1) is 22.2 Å². The minimum Gasteiger partial charge on any atom is -0.490 e. The van der Waals surface area contributed by atoms with Crippen LogP contribution in [0.2, 0.25) is 10.0 Å². The summed E-state index contributed by atoms with van der Waals surface area (Å²) in [6.45, 7) is 2.88. The fourth-order valence-electron chi connectivity index (χ4n) is 3.97. The van der Waals surface area contributed by atoms with Crippen molar-refractivity contribution in [2.75, 3.05) is 11.9 Å². The molecule has 1 aliphatic rings. The summed E-state index contributed by atoms with van der Waals surface area (Å²) in [5.41, 5.74) is 2.92. The largest absolute Gasteiger partial charge is 0.490 e. The number of hydrogen-bond donors (Lipinski definition) is 2. The molecule has 0 bridgehead atoms. The summed E-state index contributed by atoms with van der Waals surface area (Å²) >= 11 is 14.1. The summed E-state index contributed by atoms with van der Waals surface area (Å²) in [6.07, 6.45) is 4.66. The molecule has 2 N–H and O–H groups in total. The van der Waals surface area contributed by atoms with Crippen LogP contribution in [0.4, 0.5) is 5.00 Å². The van der Waals surface area contributed by atoms with Gasteiger partial charge in [-0.1, -0.05) is 60.5 Å². The fraction of sp³-hybridized carbons (Fsp3) is 0.308. The van der Waals surface area contributed by atoms with Gasteiger partial charge < -0.3 is 15.4 Å². The van der Waals surface area contributed by atoms with Crippen molar-refractivity contribution in [3.8, 4) is 5.75 Å². The summed E-state index contributed by atoms with van der Waals surface area (Å²) < 4.78 is 5.59. The molecule has 5 nitrogen and oxygen atoms in total. The molecule has 0 aliphatic heterocycles. The maximum absolute atomic E-state index is 13.2. The van der Waals surface area contributed by atoms with Crippen molar-refractivity contribution in [1.82, 2.24) is 5.32 Å². The molecule has 4 rings (SSSR count). The second-order valence-corrected chi connectivity index (χ2v) is 10.1. The zero-order chi connectivity index (χ0) is 24.1. The van der Waals surface area contributed by atoms with Crippen LogP contribution in [0.1, 0.15) is 62.9 Å². The Morgan fingerprint density at radius 1 is 1.03 bits per heavy atom. The van der Waals surface area contributed by atoms with Crippen LogP contribution >= 0.6 is 34.5 Å². The summed E-state index contributed by atoms with van der Waals surface area (Å²) in [7, 11) is 0. The van der Waals surface area contributed by atoms with E-state index in [1.807, 2.05) is 37.3 Å². The van der Waals surface area contributed by atoms with Crippen LogP contribution in [0.3, 0.4) is 0 Å². The zero-order valence-electron chi connectivity index (χ0n) is 18.9. The molecule has 1 aliphatic carbocycles. The molecule has 3 aromatic rings. The molecule has 1 heterocycles. The molecule has 178 valence electrons. The van der Waals surface area contributed by atoms with Gasteiger partial charge in [0.25, 0.3) is 11.8 Å². The molecule has 2 amide bonds. The van der Waals surface area contributed by atoms with Crippen molar-refractivity contribution in [1.29, 1.82) is 0 Å². The first-order chi connectivity index (χ1) is 16.5. The van der Waals surface area contributed by atoms with Crippen molar-refractivity contribution in [3.63, 3.8) is 0 Å². The van der Waals surface area contributed by atoms with E-state index in [-0.39, 0.29) is 21.9 Å². The summed E-state index contributed by atoms with van der Waals surface area (Å²) in [5.74, 6) is -0.186. The number of amides is 2. The van der Waals surface area contributed by atoms with Gasteiger partial charge in [-0.15, -0.1) is 11.3 Å². The second-order valence-electron chi connectivity index (χ2n) is 8.15. The summed E-state index contributed by atoms with van der Waals surface area (Å²) in [5, 5.41) is 7.06. The number of halogens is 2. The minimum atomic E-state index is -0.374. The first-order valence-corrected chi connectivity index (χ1v) is 12.9. The van der Waals surface area contributed by atoms with Crippen molar-refractivity contribution in [2.24, 2.45) is 0 Å². The highest BCUT2D eigenvalue weighted by Gasteiger charge is 2.27. The number of fused-ring (bicyclic) bond motifs is 1. The van der Waals surface area contributed by atoms with E-state index in [2.05, 4.69) is 10.6 Å². The summed E-state index contributed by atoms with van der Waals surface area (Å²) in [6, 6.07) is 12.8. The Kier molecular flexibility index (Phi) is 8.14. The maximum atomic E-state index is 13.2. The highest BCUT2D eigenvalue weighted by Crippen LogP contribution is 2.39. The fourth-order valence-corrected chi connectivity index (χ4v) is 5.85. The number of aryl methyl sites for hydroxylation is 1. The first-order valence-electron chi connectivity index (χ1n) is 11.4. The average Bonchev–Trinajstić information content (AvgIpc) is 3.20. The number of rotatable bonds is 8. The van der Waals surface area contributed by atoms with E-state index in [9.17, 15) is 9.59 Å². The quantitative estimate of drug-likeness (QED) is 0.341. The third-order valence-electron chi connectivity index (χ3n) is 5.63. The number of thiophene rings is 1. The highest BCUT2D eigenvalue weighted by atomic mass is 35.5. The number of ether oxygens (including phenoxy) is 1. The predicted molar refractivity (Wildman–Crippen MR) is 139 cm³/mol. The molecule has 0 atom stereocenters. The highest BCUT2D eigenvalue weighted by molar-refractivity contribution is 7.17. The lowest BCUT2D eigenvalue weighted by molar-refractivity contribution is 0.0951. The van der Waals surface area contributed by atoms with Crippen LogP contribution in [0, 0.1) is 0 Å². The number of hydrogen-bond acceptors (Lipinski definition) is 4. The number of carbonyl (C=O) groups excluding carboxylic acids is 2. The molecule has 1 aromatic heterocycles. The number of anilines is 1. The van der Waals surface area contributed by atoms with E-state index in [0.717, 1.165) is 48.1 Å². The molecule has 0 saturated heterocycles. The van der Waals surface area contributed by atoms with Gasteiger partial charge in [0.2, 0.25) is 0 Å². The predicted octanol–water partition coefficient (Wildman–Crippen LogP) is 6.90. The number of carbonyl (C=O) groups is 2.